The summed E-state index contributed by atoms with van der Waals surface area (Å²) >= 11 is 0. The van der Waals surface area contributed by atoms with Crippen LogP contribution >= 0.6 is 0 Å². The normalized spacial score (nSPS) is 19.0. The zero-order valence-corrected chi connectivity index (χ0v) is 22.6. The van der Waals surface area contributed by atoms with E-state index in [9.17, 15) is 23.5 Å². The summed E-state index contributed by atoms with van der Waals surface area (Å²) in [6.45, 7) is 1.86. The summed E-state index contributed by atoms with van der Waals surface area (Å²) in [5.74, 6) is -4.47. The summed E-state index contributed by atoms with van der Waals surface area (Å²) in [6, 6.07) is 20.6. The molecule has 1 fully saturated rings. The topological polar surface area (TPSA) is 73.3 Å². The third-order valence-corrected chi connectivity index (χ3v) is 7.78. The molecule has 1 N–H and O–H groups in total. The lowest BCUT2D eigenvalue weighted by Gasteiger charge is -2.32. The Balaban J connectivity index is 1.36. The molecule has 2 aliphatic heterocycles. The second-order valence-corrected chi connectivity index (χ2v) is 10.5. The molecule has 0 spiro atoms. The fourth-order valence-corrected chi connectivity index (χ4v) is 5.46. The van der Waals surface area contributed by atoms with Crippen LogP contribution in [0.2, 0.25) is 0 Å². The van der Waals surface area contributed by atoms with Crippen molar-refractivity contribution in [2.24, 2.45) is 0 Å². The second-order valence-electron chi connectivity index (χ2n) is 10.5. The highest BCUT2D eigenvalue weighted by atomic mass is 19.3. The van der Waals surface area contributed by atoms with E-state index in [0.29, 0.717) is 36.4 Å². The first-order valence-corrected chi connectivity index (χ1v) is 13.3. The maximum Gasteiger partial charge on any atom is 0.352 e. The predicted molar refractivity (Wildman–Crippen MR) is 147 cm³/mol. The average molecular weight is 550 g/mol. The number of aliphatic hydroxyl groups is 1. The minimum Gasteiger partial charge on any atom is -0.497 e. The van der Waals surface area contributed by atoms with Crippen molar-refractivity contribution in [2.75, 3.05) is 38.7 Å². The molecule has 0 saturated carbocycles. The van der Waals surface area contributed by atoms with E-state index in [1.807, 2.05) is 30.3 Å². The number of likely N-dealkylation sites (N-methyl/N-ethyl adjacent to an activating group) is 1. The molecule has 9 heteroatoms. The lowest BCUT2D eigenvalue weighted by atomic mass is 10.0. The van der Waals surface area contributed by atoms with E-state index in [4.69, 9.17) is 4.74 Å². The molecule has 2 amide bonds. The number of benzene rings is 3. The number of carbonyl (C=O) groups excluding carboxylic acids is 2. The van der Waals surface area contributed by atoms with Crippen molar-refractivity contribution in [2.45, 2.75) is 37.5 Å². The molecule has 2 heterocycles. The number of β-amino-alcohol motifs (C(OH)–C–C–N with tert-alkyl or cyclic N) is 1. The fraction of sp³-hybridized carbons (Fsp3) is 0.355. The van der Waals surface area contributed by atoms with Gasteiger partial charge in [0.05, 0.1) is 43.5 Å². The van der Waals surface area contributed by atoms with Gasteiger partial charge in [-0.1, -0.05) is 54.6 Å². The van der Waals surface area contributed by atoms with Gasteiger partial charge in [-0.05, 0) is 41.3 Å². The van der Waals surface area contributed by atoms with Gasteiger partial charge in [0, 0.05) is 26.7 Å². The Hall–Kier alpha value is -3.82. The lowest BCUT2D eigenvalue weighted by Crippen LogP contribution is -2.39. The summed E-state index contributed by atoms with van der Waals surface area (Å²) in [4.78, 5) is 31.2. The number of amides is 2. The molecule has 2 atom stereocenters. The molecular formula is C31H33F2N3O4. The van der Waals surface area contributed by atoms with Gasteiger partial charge in [-0.15, -0.1) is 0 Å². The van der Waals surface area contributed by atoms with Crippen molar-refractivity contribution >= 4 is 17.5 Å². The number of hydrogen-bond donors (Lipinski definition) is 1. The molecule has 0 aromatic heterocycles. The third-order valence-electron chi connectivity index (χ3n) is 7.78. The zero-order chi connectivity index (χ0) is 28.4. The van der Waals surface area contributed by atoms with Crippen molar-refractivity contribution in [1.82, 2.24) is 9.80 Å². The molecule has 1 saturated heterocycles. The number of likely N-dealkylation sites (tertiary alicyclic amines) is 1. The Labute approximate surface area is 232 Å². The number of halogens is 2. The van der Waals surface area contributed by atoms with Gasteiger partial charge in [0.1, 0.15) is 5.75 Å². The summed E-state index contributed by atoms with van der Waals surface area (Å²) in [6.07, 6.45) is 0.321. The monoisotopic (exact) mass is 549 g/mol. The van der Waals surface area contributed by atoms with Crippen LogP contribution in [0.5, 0.6) is 5.75 Å². The SMILES string of the molecule is COc1ccc(CN2C(=O)C(F)(F)c3ccc(CC(=O)N(C)[C@H](CN4CC[C@H](O)C4)c4ccccc4)cc32)cc1. The quantitative estimate of drug-likeness (QED) is 0.435. The standard InChI is InChI=1S/C31H33F2N3O4/c1-34(28(23-6-4-3-5-7-23)20-35-15-14-24(37)19-35)29(38)17-22-10-13-26-27(16-22)36(30(39)31(26,32)33)18-21-8-11-25(40-2)12-9-21/h3-13,16,24,28,37H,14-15,17-20H2,1-2H3/t24-,28+/m0/s1. The van der Waals surface area contributed by atoms with Crippen LogP contribution in [0.1, 0.15) is 34.7 Å². The van der Waals surface area contributed by atoms with Gasteiger partial charge < -0.3 is 19.6 Å². The minimum atomic E-state index is -3.64. The Bertz CT molecular complexity index is 1370. The average Bonchev–Trinajstić information content (AvgIpc) is 3.45. The van der Waals surface area contributed by atoms with Crippen molar-refractivity contribution in [3.63, 3.8) is 0 Å². The Morgan fingerprint density at radius 2 is 1.80 bits per heavy atom. The number of aliphatic hydroxyl groups excluding tert-OH is 1. The number of methoxy groups -OCH3 is 1. The first-order chi connectivity index (χ1) is 19.2. The Kier molecular flexibility index (Phi) is 7.87. The highest BCUT2D eigenvalue weighted by Gasteiger charge is 2.52. The van der Waals surface area contributed by atoms with Crippen LogP contribution in [0.15, 0.2) is 72.8 Å². The second kappa shape index (κ2) is 11.3. The maximum atomic E-state index is 14.9. The fourth-order valence-electron chi connectivity index (χ4n) is 5.46. The number of carbonyl (C=O) groups is 2. The van der Waals surface area contributed by atoms with E-state index in [0.717, 1.165) is 17.0 Å². The van der Waals surface area contributed by atoms with Crippen LogP contribution in [0.3, 0.4) is 0 Å². The summed E-state index contributed by atoms with van der Waals surface area (Å²) in [5.41, 5.74) is 1.96. The number of ether oxygens (including phenoxy) is 1. The number of rotatable bonds is 9. The number of alkyl halides is 2. The van der Waals surface area contributed by atoms with Crippen molar-refractivity contribution < 1.29 is 28.2 Å². The minimum absolute atomic E-state index is 0.00806. The maximum absolute atomic E-state index is 14.9. The highest BCUT2D eigenvalue weighted by molar-refractivity contribution is 6.06. The molecule has 3 aromatic carbocycles. The van der Waals surface area contributed by atoms with Gasteiger partial charge >= 0.3 is 11.8 Å². The molecule has 0 unspecified atom stereocenters. The van der Waals surface area contributed by atoms with Gasteiger partial charge in [-0.3, -0.25) is 14.5 Å². The van der Waals surface area contributed by atoms with E-state index in [1.54, 1.807) is 36.2 Å². The van der Waals surface area contributed by atoms with E-state index >= 15 is 0 Å². The van der Waals surface area contributed by atoms with Crippen molar-refractivity contribution in [1.29, 1.82) is 0 Å². The van der Waals surface area contributed by atoms with Crippen molar-refractivity contribution in [3.05, 3.63) is 95.1 Å². The number of hydrogen-bond acceptors (Lipinski definition) is 5. The molecule has 210 valence electrons. The number of fused-ring (bicyclic) bond motifs is 1. The predicted octanol–water partition coefficient (Wildman–Crippen LogP) is 4.14. The van der Waals surface area contributed by atoms with E-state index in [2.05, 4.69) is 4.90 Å². The van der Waals surface area contributed by atoms with E-state index in [-0.39, 0.29) is 42.3 Å². The molecule has 3 aromatic rings. The first kappa shape index (κ1) is 27.7. The van der Waals surface area contributed by atoms with Crippen LogP contribution < -0.4 is 9.64 Å². The zero-order valence-electron chi connectivity index (χ0n) is 22.6. The van der Waals surface area contributed by atoms with Crippen LogP contribution in [-0.2, 0) is 28.5 Å². The molecular weight excluding hydrogens is 516 g/mol. The van der Waals surface area contributed by atoms with Gasteiger partial charge in [0.25, 0.3) is 0 Å². The van der Waals surface area contributed by atoms with Crippen LogP contribution in [0.25, 0.3) is 0 Å². The molecule has 5 rings (SSSR count). The van der Waals surface area contributed by atoms with Gasteiger partial charge in [0.15, 0.2) is 0 Å². The summed E-state index contributed by atoms with van der Waals surface area (Å²) in [7, 11) is 3.28. The van der Waals surface area contributed by atoms with Crippen LogP contribution in [-0.4, -0.2) is 66.6 Å². The molecule has 0 aliphatic carbocycles. The third kappa shape index (κ3) is 5.57. The molecule has 7 nitrogen and oxygen atoms in total. The summed E-state index contributed by atoms with van der Waals surface area (Å²) < 4.78 is 35.0. The number of anilines is 1. The lowest BCUT2D eigenvalue weighted by molar-refractivity contribution is -0.141. The largest absolute Gasteiger partial charge is 0.497 e. The van der Waals surface area contributed by atoms with Gasteiger partial charge in [-0.2, -0.15) is 8.78 Å². The molecule has 40 heavy (non-hydrogen) atoms. The molecule has 2 aliphatic rings. The molecule has 0 bridgehead atoms. The number of nitrogens with zero attached hydrogens (tertiary/aromatic N) is 3. The molecule has 0 radical (unpaired) electrons. The highest BCUT2D eigenvalue weighted by Crippen LogP contribution is 2.45. The smallest absolute Gasteiger partial charge is 0.352 e. The van der Waals surface area contributed by atoms with Crippen LogP contribution in [0, 0.1) is 0 Å². The van der Waals surface area contributed by atoms with Gasteiger partial charge in [-0.25, -0.2) is 0 Å². The Morgan fingerprint density at radius 1 is 1.10 bits per heavy atom. The van der Waals surface area contributed by atoms with Gasteiger partial charge in [0.2, 0.25) is 5.91 Å². The first-order valence-electron chi connectivity index (χ1n) is 13.3. The van der Waals surface area contributed by atoms with E-state index < -0.39 is 11.8 Å². The Morgan fingerprint density at radius 3 is 2.45 bits per heavy atom. The summed E-state index contributed by atoms with van der Waals surface area (Å²) in [5, 5.41) is 9.99. The van der Waals surface area contributed by atoms with Crippen LogP contribution in [0.4, 0.5) is 14.5 Å². The van der Waals surface area contributed by atoms with Crippen molar-refractivity contribution in [3.8, 4) is 5.75 Å². The van der Waals surface area contributed by atoms with E-state index in [1.165, 1.54) is 25.3 Å².